The first-order valence-corrected chi connectivity index (χ1v) is 11.1. The maximum absolute atomic E-state index is 12.9. The van der Waals surface area contributed by atoms with E-state index in [-0.39, 0.29) is 29.8 Å². The van der Waals surface area contributed by atoms with Crippen molar-refractivity contribution in [2.45, 2.75) is 64.7 Å². The number of carbonyl (C=O) groups is 1. The van der Waals surface area contributed by atoms with E-state index in [1.54, 1.807) is 0 Å². The van der Waals surface area contributed by atoms with Crippen LogP contribution in [0.25, 0.3) is 11.3 Å². The van der Waals surface area contributed by atoms with Gasteiger partial charge in [0.1, 0.15) is 17.2 Å². The number of aromatic hydroxyl groups is 1. The molecule has 0 bridgehead atoms. The lowest BCUT2D eigenvalue weighted by Gasteiger charge is -2.47. The number of carbonyl (C=O) groups excluding carboxylic acids is 1. The maximum atomic E-state index is 12.9. The van der Waals surface area contributed by atoms with E-state index in [9.17, 15) is 9.90 Å². The average molecular weight is 425 g/mol. The number of fused-ring (bicyclic) bond motifs is 1. The number of esters is 1. The van der Waals surface area contributed by atoms with Crippen LogP contribution in [0.5, 0.6) is 5.75 Å². The zero-order valence-electron chi connectivity index (χ0n) is 18.8. The molecule has 6 heteroatoms. The molecule has 1 N–H and O–H groups in total. The van der Waals surface area contributed by atoms with Gasteiger partial charge in [-0.15, -0.1) is 0 Å². The van der Waals surface area contributed by atoms with Gasteiger partial charge in [0.05, 0.1) is 23.8 Å². The number of ether oxygens (including phenoxy) is 2. The summed E-state index contributed by atoms with van der Waals surface area (Å²) >= 11 is 0. The molecule has 2 aliphatic heterocycles. The van der Waals surface area contributed by atoms with E-state index in [0.29, 0.717) is 19.6 Å². The number of phenols is 1. The van der Waals surface area contributed by atoms with Crippen LogP contribution in [-0.2, 0) is 14.3 Å². The Morgan fingerprint density at radius 2 is 1.97 bits per heavy atom. The van der Waals surface area contributed by atoms with Crippen LogP contribution < -0.4 is 4.90 Å². The van der Waals surface area contributed by atoms with Gasteiger partial charge in [-0.1, -0.05) is 18.2 Å². The Morgan fingerprint density at radius 1 is 1.19 bits per heavy atom. The number of hydrogen-bond donors (Lipinski definition) is 1. The number of para-hydroxylation sites is 1. The number of aromatic nitrogens is 1. The summed E-state index contributed by atoms with van der Waals surface area (Å²) in [6, 6.07) is 11.7. The van der Waals surface area contributed by atoms with Gasteiger partial charge < -0.3 is 19.5 Å². The van der Waals surface area contributed by atoms with E-state index < -0.39 is 5.60 Å². The number of piperidine rings is 1. The molecule has 0 spiro atoms. The van der Waals surface area contributed by atoms with E-state index in [2.05, 4.69) is 4.90 Å². The molecule has 0 amide bonds. The molecule has 0 unspecified atom stereocenters. The lowest BCUT2D eigenvalue weighted by molar-refractivity contribution is -0.170. The van der Waals surface area contributed by atoms with Crippen molar-refractivity contribution in [1.29, 1.82) is 0 Å². The number of nitrogens with zero attached hydrogens (tertiary/aromatic N) is 2. The Kier molecular flexibility index (Phi) is 5.93. The summed E-state index contributed by atoms with van der Waals surface area (Å²) in [5.41, 5.74) is 1.77. The van der Waals surface area contributed by atoms with Crippen molar-refractivity contribution < 1.29 is 19.4 Å². The van der Waals surface area contributed by atoms with Gasteiger partial charge in [-0.3, -0.25) is 4.79 Å². The Balaban J connectivity index is 1.61. The molecule has 31 heavy (non-hydrogen) atoms. The lowest BCUT2D eigenvalue weighted by atomic mass is 9.83. The summed E-state index contributed by atoms with van der Waals surface area (Å²) in [4.78, 5) is 20.0. The van der Waals surface area contributed by atoms with Crippen molar-refractivity contribution in [2.24, 2.45) is 5.92 Å². The summed E-state index contributed by atoms with van der Waals surface area (Å²) in [5.74, 6) is 0.677. The zero-order chi connectivity index (χ0) is 22.2. The van der Waals surface area contributed by atoms with Gasteiger partial charge in [0.2, 0.25) is 0 Å². The molecular formula is C25H32N2O4. The molecule has 6 nitrogen and oxygen atoms in total. The van der Waals surface area contributed by atoms with Crippen molar-refractivity contribution in [1.82, 2.24) is 4.98 Å². The van der Waals surface area contributed by atoms with E-state index >= 15 is 0 Å². The number of benzene rings is 1. The monoisotopic (exact) mass is 424 g/mol. The largest absolute Gasteiger partial charge is 0.507 e. The van der Waals surface area contributed by atoms with Crippen molar-refractivity contribution >= 4 is 11.8 Å². The molecule has 4 rings (SSSR count). The molecule has 2 aliphatic rings. The number of rotatable bonds is 3. The smallest absolute Gasteiger partial charge is 0.312 e. The highest BCUT2D eigenvalue weighted by atomic mass is 16.6. The normalized spacial score (nSPS) is 23.9. The standard InChI is InChI=1S/C25H32N2O4/c1-16-8-5-9-17(22(16)28)19-10-6-12-21(26-19)27-14-13-18(24(29)31-25(2,3)4)23-20(27)11-7-15-30-23/h5-6,8-10,12,18,20,23,28H,7,11,13-15H2,1-4H3/t18-,20+,23-/m0/s1. The van der Waals surface area contributed by atoms with Crippen LogP contribution in [0, 0.1) is 12.8 Å². The molecule has 2 aromatic rings. The predicted molar refractivity (Wildman–Crippen MR) is 120 cm³/mol. The first-order valence-electron chi connectivity index (χ1n) is 11.1. The summed E-state index contributed by atoms with van der Waals surface area (Å²) in [5, 5.41) is 10.5. The molecule has 1 aromatic heterocycles. The fourth-order valence-electron chi connectivity index (χ4n) is 4.63. The zero-order valence-corrected chi connectivity index (χ0v) is 18.8. The van der Waals surface area contributed by atoms with Crippen molar-refractivity contribution in [2.75, 3.05) is 18.1 Å². The summed E-state index contributed by atoms with van der Waals surface area (Å²) < 4.78 is 11.8. The highest BCUT2D eigenvalue weighted by Crippen LogP contribution is 2.37. The fraction of sp³-hybridized carbons (Fsp3) is 0.520. The topological polar surface area (TPSA) is 71.9 Å². The number of anilines is 1. The Morgan fingerprint density at radius 3 is 2.74 bits per heavy atom. The number of pyridine rings is 1. The maximum Gasteiger partial charge on any atom is 0.312 e. The van der Waals surface area contributed by atoms with E-state index in [1.165, 1.54) is 0 Å². The van der Waals surface area contributed by atoms with Gasteiger partial charge in [0, 0.05) is 18.7 Å². The summed E-state index contributed by atoms with van der Waals surface area (Å²) in [6.45, 7) is 8.96. The third-order valence-electron chi connectivity index (χ3n) is 6.06. The van der Waals surface area contributed by atoms with Crippen LogP contribution >= 0.6 is 0 Å². The van der Waals surface area contributed by atoms with Gasteiger partial charge in [0.15, 0.2) is 0 Å². The Hall–Kier alpha value is -2.60. The molecule has 0 saturated carbocycles. The molecule has 166 valence electrons. The predicted octanol–water partition coefficient (Wildman–Crippen LogP) is 4.48. The second-order valence-corrected chi connectivity index (χ2v) is 9.52. The van der Waals surface area contributed by atoms with E-state index in [0.717, 1.165) is 35.5 Å². The third-order valence-corrected chi connectivity index (χ3v) is 6.06. The van der Waals surface area contributed by atoms with E-state index in [1.807, 2.05) is 64.1 Å². The number of aryl methyl sites for hydroxylation is 1. The molecule has 3 atom stereocenters. The molecule has 1 aromatic carbocycles. The second kappa shape index (κ2) is 8.50. The van der Waals surface area contributed by atoms with Crippen molar-refractivity contribution in [3.8, 4) is 17.0 Å². The van der Waals surface area contributed by atoms with Crippen LogP contribution in [0.1, 0.15) is 45.6 Å². The van der Waals surface area contributed by atoms with Crippen LogP contribution in [0.2, 0.25) is 0 Å². The van der Waals surface area contributed by atoms with Crippen LogP contribution in [0.4, 0.5) is 5.82 Å². The molecule has 3 heterocycles. The van der Waals surface area contributed by atoms with Gasteiger partial charge in [-0.25, -0.2) is 4.98 Å². The third kappa shape index (κ3) is 4.54. The minimum Gasteiger partial charge on any atom is -0.507 e. The van der Waals surface area contributed by atoms with Crippen LogP contribution in [0.15, 0.2) is 36.4 Å². The van der Waals surface area contributed by atoms with Crippen LogP contribution in [0.3, 0.4) is 0 Å². The van der Waals surface area contributed by atoms with E-state index in [4.69, 9.17) is 14.5 Å². The highest BCUT2D eigenvalue weighted by Gasteiger charge is 2.45. The fourth-order valence-corrected chi connectivity index (χ4v) is 4.63. The summed E-state index contributed by atoms with van der Waals surface area (Å²) in [7, 11) is 0. The minimum absolute atomic E-state index is 0.0777. The van der Waals surface area contributed by atoms with Gasteiger partial charge in [-0.2, -0.15) is 0 Å². The second-order valence-electron chi connectivity index (χ2n) is 9.52. The quantitative estimate of drug-likeness (QED) is 0.733. The number of hydrogen-bond acceptors (Lipinski definition) is 6. The number of phenolic OH excluding ortho intramolecular Hbond substituents is 1. The van der Waals surface area contributed by atoms with Crippen molar-refractivity contribution in [3.05, 3.63) is 42.0 Å². The molecular weight excluding hydrogens is 392 g/mol. The SMILES string of the molecule is Cc1cccc(-c2cccc(N3CC[C@H](C(=O)OC(C)(C)C)[C@@H]4OCCC[C@H]43)n2)c1O. The first-order chi connectivity index (χ1) is 14.7. The van der Waals surface area contributed by atoms with Gasteiger partial charge in [-0.05, 0) is 70.7 Å². The first kappa shape index (κ1) is 21.6. The minimum atomic E-state index is -0.510. The molecule has 0 aliphatic carbocycles. The molecule has 2 saturated heterocycles. The summed E-state index contributed by atoms with van der Waals surface area (Å²) in [6.07, 6.45) is 2.37. The van der Waals surface area contributed by atoms with Crippen molar-refractivity contribution in [3.63, 3.8) is 0 Å². The Bertz CT molecular complexity index is 953. The Labute approximate surface area is 184 Å². The molecule has 0 radical (unpaired) electrons. The highest BCUT2D eigenvalue weighted by molar-refractivity contribution is 5.75. The van der Waals surface area contributed by atoms with Crippen LogP contribution in [-0.4, -0.2) is 47.0 Å². The molecule has 2 fully saturated rings. The lowest BCUT2D eigenvalue weighted by Crippen LogP contribution is -2.58. The van der Waals surface area contributed by atoms with Gasteiger partial charge >= 0.3 is 5.97 Å². The average Bonchev–Trinajstić information content (AvgIpc) is 2.73. The van der Waals surface area contributed by atoms with Gasteiger partial charge in [0.25, 0.3) is 0 Å².